The van der Waals surface area contributed by atoms with Gasteiger partial charge >= 0.3 is 0 Å². The predicted octanol–water partition coefficient (Wildman–Crippen LogP) is 4.96. The maximum atomic E-state index is 13.3. The van der Waals surface area contributed by atoms with E-state index in [0.717, 1.165) is 23.9 Å². The third-order valence-electron chi connectivity index (χ3n) is 2.94. The molecule has 0 fully saturated rings. The summed E-state index contributed by atoms with van der Waals surface area (Å²) in [4.78, 5) is 1.08. The normalized spacial score (nSPS) is 12.6. The first-order chi connectivity index (χ1) is 9.58. The van der Waals surface area contributed by atoms with E-state index < -0.39 is 11.6 Å². The minimum atomic E-state index is -0.543. The van der Waals surface area contributed by atoms with Crippen LogP contribution < -0.4 is 5.32 Å². The van der Waals surface area contributed by atoms with Gasteiger partial charge < -0.3 is 5.32 Å². The van der Waals surface area contributed by atoms with Crippen molar-refractivity contribution in [2.24, 2.45) is 0 Å². The molecule has 1 aromatic carbocycles. The summed E-state index contributed by atoms with van der Waals surface area (Å²) in [5.41, 5.74) is 0.639. The van der Waals surface area contributed by atoms with Crippen LogP contribution in [0.2, 0.25) is 4.34 Å². The second kappa shape index (κ2) is 7.16. The number of rotatable bonds is 6. The summed E-state index contributed by atoms with van der Waals surface area (Å²) in [6.45, 7) is 2.92. The number of halogens is 3. The Labute approximate surface area is 126 Å². The van der Waals surface area contributed by atoms with Crippen molar-refractivity contribution in [1.29, 1.82) is 0 Å². The second-order valence-corrected chi connectivity index (χ2v) is 6.38. The van der Waals surface area contributed by atoms with Crippen LogP contribution in [0.5, 0.6) is 0 Å². The van der Waals surface area contributed by atoms with E-state index in [2.05, 4.69) is 12.2 Å². The molecule has 1 atom stereocenters. The van der Waals surface area contributed by atoms with Crippen LogP contribution in [0.1, 0.15) is 29.8 Å². The Hall–Kier alpha value is -0.970. The molecule has 20 heavy (non-hydrogen) atoms. The minimum Gasteiger partial charge on any atom is -0.309 e. The van der Waals surface area contributed by atoms with Crippen molar-refractivity contribution in [1.82, 2.24) is 5.32 Å². The van der Waals surface area contributed by atoms with E-state index >= 15 is 0 Å². The van der Waals surface area contributed by atoms with Crippen LogP contribution in [0.25, 0.3) is 0 Å². The number of nitrogens with one attached hydrogen (secondary N) is 1. The lowest BCUT2D eigenvalue weighted by atomic mass is 10.0. The Kier molecular flexibility index (Phi) is 5.52. The number of hydrogen-bond donors (Lipinski definition) is 1. The zero-order valence-electron chi connectivity index (χ0n) is 11.1. The highest BCUT2D eigenvalue weighted by atomic mass is 35.5. The topological polar surface area (TPSA) is 12.0 Å². The average molecular weight is 316 g/mol. The first-order valence-electron chi connectivity index (χ1n) is 6.52. The number of hydrogen-bond acceptors (Lipinski definition) is 2. The van der Waals surface area contributed by atoms with Crippen molar-refractivity contribution >= 4 is 22.9 Å². The Balaban J connectivity index is 2.18. The predicted molar refractivity (Wildman–Crippen MR) is 80.4 cm³/mol. The molecule has 0 amide bonds. The second-order valence-electron chi connectivity index (χ2n) is 4.63. The van der Waals surface area contributed by atoms with Gasteiger partial charge in [-0.05, 0) is 49.2 Å². The molecular weight excluding hydrogens is 300 g/mol. The van der Waals surface area contributed by atoms with E-state index in [1.165, 1.54) is 23.5 Å². The number of benzene rings is 1. The van der Waals surface area contributed by atoms with Crippen LogP contribution >= 0.6 is 22.9 Å². The summed E-state index contributed by atoms with van der Waals surface area (Å²) in [5, 5.41) is 3.39. The molecule has 1 N–H and O–H groups in total. The Bertz CT molecular complexity index is 551. The van der Waals surface area contributed by atoms with Crippen molar-refractivity contribution < 1.29 is 8.78 Å². The molecule has 1 unspecified atom stereocenters. The van der Waals surface area contributed by atoms with Gasteiger partial charge in [-0.15, -0.1) is 11.3 Å². The van der Waals surface area contributed by atoms with Crippen LogP contribution in [0.4, 0.5) is 8.78 Å². The third kappa shape index (κ3) is 4.27. The summed E-state index contributed by atoms with van der Waals surface area (Å²) in [6.07, 6.45) is 1.53. The van der Waals surface area contributed by atoms with Crippen LogP contribution in [-0.2, 0) is 6.42 Å². The van der Waals surface area contributed by atoms with Crippen molar-refractivity contribution in [2.75, 3.05) is 6.54 Å². The maximum Gasteiger partial charge on any atom is 0.126 e. The summed E-state index contributed by atoms with van der Waals surface area (Å²) in [5.74, 6) is -1.09. The molecule has 0 radical (unpaired) electrons. The highest BCUT2D eigenvalue weighted by molar-refractivity contribution is 7.16. The Morgan fingerprint density at radius 3 is 2.45 bits per heavy atom. The summed E-state index contributed by atoms with van der Waals surface area (Å²) in [7, 11) is 0. The van der Waals surface area contributed by atoms with Gasteiger partial charge in [0.2, 0.25) is 0 Å². The SMILES string of the molecule is CCCNC(Cc1cc(F)cc(F)c1)c1ccc(Cl)s1. The van der Waals surface area contributed by atoms with Crippen LogP contribution in [0, 0.1) is 11.6 Å². The van der Waals surface area contributed by atoms with Crippen molar-refractivity contribution in [3.8, 4) is 0 Å². The van der Waals surface area contributed by atoms with E-state index in [1.54, 1.807) is 0 Å². The van der Waals surface area contributed by atoms with Crippen molar-refractivity contribution in [3.63, 3.8) is 0 Å². The summed E-state index contributed by atoms with van der Waals surface area (Å²) in [6, 6.07) is 7.45. The zero-order valence-corrected chi connectivity index (χ0v) is 12.7. The maximum absolute atomic E-state index is 13.3. The summed E-state index contributed by atoms with van der Waals surface area (Å²) < 4.78 is 27.2. The molecule has 5 heteroatoms. The molecule has 1 heterocycles. The van der Waals surface area contributed by atoms with E-state index in [4.69, 9.17) is 11.6 Å². The smallest absolute Gasteiger partial charge is 0.126 e. The van der Waals surface area contributed by atoms with Crippen molar-refractivity contribution in [2.45, 2.75) is 25.8 Å². The monoisotopic (exact) mass is 315 g/mol. The molecule has 0 saturated carbocycles. The molecule has 0 bridgehead atoms. The minimum absolute atomic E-state index is 0.0219. The van der Waals surface area contributed by atoms with Gasteiger partial charge in [0, 0.05) is 17.0 Å². The van der Waals surface area contributed by atoms with E-state index in [-0.39, 0.29) is 6.04 Å². The molecule has 1 nitrogen and oxygen atoms in total. The van der Waals surface area contributed by atoms with Crippen LogP contribution in [0.3, 0.4) is 0 Å². The zero-order chi connectivity index (χ0) is 14.5. The molecule has 0 spiro atoms. The molecule has 1 aromatic heterocycles. The van der Waals surface area contributed by atoms with Gasteiger partial charge in [0.05, 0.1) is 4.34 Å². The molecule has 0 aliphatic heterocycles. The first-order valence-corrected chi connectivity index (χ1v) is 7.71. The van der Waals surface area contributed by atoms with Gasteiger partial charge in [0.1, 0.15) is 11.6 Å². The molecule has 108 valence electrons. The van der Waals surface area contributed by atoms with Gasteiger partial charge in [-0.25, -0.2) is 8.78 Å². The Morgan fingerprint density at radius 2 is 1.90 bits per heavy atom. The quantitative estimate of drug-likeness (QED) is 0.794. The average Bonchev–Trinajstić information content (AvgIpc) is 2.80. The lowest BCUT2D eigenvalue weighted by Crippen LogP contribution is -2.23. The van der Waals surface area contributed by atoms with Gasteiger partial charge in [0.25, 0.3) is 0 Å². The number of thiophene rings is 1. The third-order valence-corrected chi connectivity index (χ3v) is 4.29. The van der Waals surface area contributed by atoms with Crippen LogP contribution in [-0.4, -0.2) is 6.54 Å². The van der Waals surface area contributed by atoms with E-state index in [9.17, 15) is 8.78 Å². The van der Waals surface area contributed by atoms with E-state index in [1.807, 2.05) is 12.1 Å². The lowest BCUT2D eigenvalue weighted by Gasteiger charge is -2.17. The highest BCUT2D eigenvalue weighted by Crippen LogP contribution is 2.29. The molecular formula is C15H16ClF2NS. The van der Waals surface area contributed by atoms with Crippen LogP contribution in [0.15, 0.2) is 30.3 Å². The highest BCUT2D eigenvalue weighted by Gasteiger charge is 2.15. The molecule has 0 aliphatic carbocycles. The molecule has 0 aliphatic rings. The van der Waals surface area contributed by atoms with Gasteiger partial charge in [-0.1, -0.05) is 18.5 Å². The standard InChI is InChI=1S/C15H16ClF2NS/c1-2-5-19-13(14-3-4-15(16)20-14)8-10-6-11(17)9-12(18)7-10/h3-4,6-7,9,13,19H,2,5,8H2,1H3. The van der Waals surface area contributed by atoms with Gasteiger partial charge in [-0.2, -0.15) is 0 Å². The van der Waals surface area contributed by atoms with Gasteiger partial charge in [-0.3, -0.25) is 0 Å². The van der Waals surface area contributed by atoms with E-state index in [0.29, 0.717) is 16.3 Å². The molecule has 0 saturated heterocycles. The fourth-order valence-corrected chi connectivity index (χ4v) is 3.21. The van der Waals surface area contributed by atoms with Crippen molar-refractivity contribution in [3.05, 3.63) is 56.7 Å². The Morgan fingerprint density at radius 1 is 1.20 bits per heavy atom. The molecule has 2 rings (SSSR count). The first kappa shape index (κ1) is 15.4. The fourth-order valence-electron chi connectivity index (χ4n) is 2.07. The summed E-state index contributed by atoms with van der Waals surface area (Å²) >= 11 is 7.45. The fraction of sp³-hybridized carbons (Fsp3) is 0.333. The lowest BCUT2D eigenvalue weighted by molar-refractivity contribution is 0.529. The van der Waals surface area contributed by atoms with Gasteiger partial charge in [0.15, 0.2) is 0 Å². The molecule has 2 aromatic rings. The largest absolute Gasteiger partial charge is 0.309 e.